The van der Waals surface area contributed by atoms with Gasteiger partial charge in [-0.25, -0.2) is 9.97 Å². The van der Waals surface area contributed by atoms with E-state index in [1.807, 2.05) is 6.07 Å². The SMILES string of the molecule is Cc1ccc(CC(C)Nc2nccc(C#N)n2)s1. The zero-order chi connectivity index (χ0) is 13.0. The quantitative estimate of drug-likeness (QED) is 0.916. The molecule has 2 aromatic rings. The van der Waals surface area contributed by atoms with Gasteiger partial charge in [0.25, 0.3) is 0 Å². The van der Waals surface area contributed by atoms with E-state index in [0.29, 0.717) is 11.6 Å². The molecule has 18 heavy (non-hydrogen) atoms. The molecule has 0 aromatic carbocycles. The molecule has 2 aromatic heterocycles. The zero-order valence-electron chi connectivity index (χ0n) is 10.3. The molecule has 0 radical (unpaired) electrons. The van der Waals surface area contributed by atoms with E-state index >= 15 is 0 Å². The smallest absolute Gasteiger partial charge is 0.224 e. The maximum absolute atomic E-state index is 8.77. The van der Waals surface area contributed by atoms with Crippen LogP contribution < -0.4 is 5.32 Å². The van der Waals surface area contributed by atoms with Gasteiger partial charge in [0, 0.05) is 28.4 Å². The number of hydrogen-bond donors (Lipinski definition) is 1. The summed E-state index contributed by atoms with van der Waals surface area (Å²) in [5, 5.41) is 12.0. The molecule has 0 saturated carbocycles. The first-order valence-corrected chi connectivity index (χ1v) is 6.54. The number of rotatable bonds is 4. The number of hydrogen-bond acceptors (Lipinski definition) is 5. The van der Waals surface area contributed by atoms with E-state index in [-0.39, 0.29) is 6.04 Å². The largest absolute Gasteiger partial charge is 0.351 e. The van der Waals surface area contributed by atoms with Crippen molar-refractivity contribution in [2.24, 2.45) is 0 Å². The minimum atomic E-state index is 0.233. The van der Waals surface area contributed by atoms with Crippen molar-refractivity contribution >= 4 is 17.3 Å². The summed E-state index contributed by atoms with van der Waals surface area (Å²) >= 11 is 1.80. The fraction of sp³-hybridized carbons (Fsp3) is 0.308. The van der Waals surface area contributed by atoms with Gasteiger partial charge in [-0.1, -0.05) is 0 Å². The van der Waals surface area contributed by atoms with Crippen LogP contribution in [0.2, 0.25) is 0 Å². The second-order valence-corrected chi connectivity index (χ2v) is 5.51. The van der Waals surface area contributed by atoms with Gasteiger partial charge in [-0.15, -0.1) is 11.3 Å². The van der Waals surface area contributed by atoms with Crippen LogP contribution in [0.4, 0.5) is 5.95 Å². The van der Waals surface area contributed by atoms with Crippen LogP contribution in [0.25, 0.3) is 0 Å². The van der Waals surface area contributed by atoms with Gasteiger partial charge in [0.2, 0.25) is 5.95 Å². The van der Waals surface area contributed by atoms with Crippen LogP contribution in [-0.4, -0.2) is 16.0 Å². The normalized spacial score (nSPS) is 11.8. The lowest BCUT2D eigenvalue weighted by molar-refractivity contribution is 0.785. The van der Waals surface area contributed by atoms with Gasteiger partial charge in [-0.3, -0.25) is 0 Å². The summed E-state index contributed by atoms with van der Waals surface area (Å²) in [4.78, 5) is 10.9. The fourth-order valence-corrected chi connectivity index (χ4v) is 2.68. The van der Waals surface area contributed by atoms with E-state index < -0.39 is 0 Å². The topological polar surface area (TPSA) is 61.6 Å². The lowest BCUT2D eigenvalue weighted by Crippen LogP contribution is -2.19. The highest BCUT2D eigenvalue weighted by Crippen LogP contribution is 2.17. The van der Waals surface area contributed by atoms with E-state index in [2.05, 4.69) is 41.3 Å². The lowest BCUT2D eigenvalue weighted by atomic mass is 10.2. The van der Waals surface area contributed by atoms with Crippen molar-refractivity contribution in [2.75, 3.05) is 5.32 Å². The maximum Gasteiger partial charge on any atom is 0.224 e. The monoisotopic (exact) mass is 258 g/mol. The molecule has 0 fully saturated rings. The van der Waals surface area contributed by atoms with E-state index in [1.165, 1.54) is 9.75 Å². The average molecular weight is 258 g/mol. The predicted molar refractivity (Wildman–Crippen MR) is 72.6 cm³/mol. The molecule has 0 amide bonds. The summed E-state index contributed by atoms with van der Waals surface area (Å²) in [5.74, 6) is 0.509. The van der Waals surface area contributed by atoms with Gasteiger partial charge >= 0.3 is 0 Å². The minimum absolute atomic E-state index is 0.233. The van der Waals surface area contributed by atoms with Gasteiger partial charge in [0.05, 0.1) is 0 Å². The first kappa shape index (κ1) is 12.5. The molecule has 0 aliphatic carbocycles. The molecular formula is C13H14N4S. The van der Waals surface area contributed by atoms with Gasteiger partial charge in [-0.05, 0) is 32.0 Å². The Morgan fingerprint density at radius 3 is 2.94 bits per heavy atom. The summed E-state index contributed by atoms with van der Waals surface area (Å²) in [6.45, 7) is 4.18. The van der Waals surface area contributed by atoms with Gasteiger partial charge in [0.15, 0.2) is 0 Å². The van der Waals surface area contributed by atoms with Gasteiger partial charge in [-0.2, -0.15) is 5.26 Å². The van der Waals surface area contributed by atoms with Crippen molar-refractivity contribution in [3.63, 3.8) is 0 Å². The fourth-order valence-electron chi connectivity index (χ4n) is 1.66. The van der Waals surface area contributed by atoms with Crippen molar-refractivity contribution in [2.45, 2.75) is 26.3 Å². The van der Waals surface area contributed by atoms with Crippen LogP contribution in [-0.2, 0) is 6.42 Å². The molecule has 1 atom stereocenters. The molecule has 1 N–H and O–H groups in total. The Morgan fingerprint density at radius 1 is 1.44 bits per heavy atom. The van der Waals surface area contributed by atoms with Crippen LogP contribution in [0.3, 0.4) is 0 Å². The zero-order valence-corrected chi connectivity index (χ0v) is 11.2. The number of nitrogens with zero attached hydrogens (tertiary/aromatic N) is 3. The Kier molecular flexibility index (Phi) is 3.90. The maximum atomic E-state index is 8.77. The van der Waals surface area contributed by atoms with E-state index in [4.69, 9.17) is 5.26 Å². The molecule has 0 bridgehead atoms. The van der Waals surface area contributed by atoms with Crippen molar-refractivity contribution in [1.29, 1.82) is 5.26 Å². The van der Waals surface area contributed by atoms with Crippen LogP contribution in [0.5, 0.6) is 0 Å². The van der Waals surface area contributed by atoms with E-state index in [1.54, 1.807) is 23.6 Å². The number of nitrogens with one attached hydrogen (secondary N) is 1. The molecule has 0 saturated heterocycles. The summed E-state index contributed by atoms with van der Waals surface area (Å²) in [6, 6.07) is 8.10. The molecule has 92 valence electrons. The molecule has 0 spiro atoms. The highest BCUT2D eigenvalue weighted by atomic mass is 32.1. The Labute approximate surface area is 110 Å². The Hall–Kier alpha value is -1.93. The third-order valence-corrected chi connectivity index (χ3v) is 3.47. The standard InChI is InChI=1S/C13H14N4S/c1-9(7-12-4-3-10(2)18-12)16-13-15-6-5-11(8-14)17-13/h3-6,9H,7H2,1-2H3,(H,15,16,17). The third-order valence-electron chi connectivity index (χ3n) is 2.45. The lowest BCUT2D eigenvalue weighted by Gasteiger charge is -2.12. The minimum Gasteiger partial charge on any atom is -0.351 e. The Bertz CT molecular complexity index is 570. The number of aryl methyl sites for hydroxylation is 1. The summed E-state index contributed by atoms with van der Waals surface area (Å²) < 4.78 is 0. The van der Waals surface area contributed by atoms with Gasteiger partial charge in [0.1, 0.15) is 11.8 Å². The highest BCUT2D eigenvalue weighted by molar-refractivity contribution is 7.11. The number of aromatic nitrogens is 2. The van der Waals surface area contributed by atoms with E-state index in [0.717, 1.165) is 6.42 Å². The van der Waals surface area contributed by atoms with Crippen molar-refractivity contribution in [3.8, 4) is 6.07 Å². The molecule has 0 aliphatic heterocycles. The number of thiophene rings is 1. The van der Waals surface area contributed by atoms with Crippen LogP contribution >= 0.6 is 11.3 Å². The molecule has 5 heteroatoms. The van der Waals surface area contributed by atoms with Crippen LogP contribution in [0, 0.1) is 18.3 Å². The molecule has 0 aliphatic rings. The first-order chi connectivity index (χ1) is 8.67. The predicted octanol–water partition coefficient (Wildman–Crippen LogP) is 2.76. The Morgan fingerprint density at radius 2 is 2.28 bits per heavy atom. The number of nitriles is 1. The van der Waals surface area contributed by atoms with E-state index in [9.17, 15) is 0 Å². The molecule has 4 nitrogen and oxygen atoms in total. The average Bonchev–Trinajstić information content (AvgIpc) is 2.74. The molecular weight excluding hydrogens is 244 g/mol. The number of anilines is 1. The molecule has 2 heterocycles. The second-order valence-electron chi connectivity index (χ2n) is 4.14. The highest BCUT2D eigenvalue weighted by Gasteiger charge is 2.07. The molecule has 1 unspecified atom stereocenters. The van der Waals surface area contributed by atoms with Crippen LogP contribution in [0.15, 0.2) is 24.4 Å². The van der Waals surface area contributed by atoms with Crippen molar-refractivity contribution < 1.29 is 0 Å². The molecule has 2 rings (SSSR count). The van der Waals surface area contributed by atoms with Gasteiger partial charge < -0.3 is 5.32 Å². The van der Waals surface area contributed by atoms with Crippen molar-refractivity contribution in [1.82, 2.24) is 9.97 Å². The summed E-state index contributed by atoms with van der Waals surface area (Å²) in [7, 11) is 0. The summed E-state index contributed by atoms with van der Waals surface area (Å²) in [5.41, 5.74) is 0.381. The Balaban J connectivity index is 1.98. The van der Waals surface area contributed by atoms with Crippen LogP contribution in [0.1, 0.15) is 22.4 Å². The first-order valence-electron chi connectivity index (χ1n) is 5.72. The van der Waals surface area contributed by atoms with Crippen molar-refractivity contribution in [3.05, 3.63) is 39.8 Å². The third kappa shape index (κ3) is 3.28. The summed E-state index contributed by atoms with van der Waals surface area (Å²) in [6.07, 6.45) is 2.52. The second kappa shape index (κ2) is 5.61.